The Balaban J connectivity index is 0.00000147. The highest BCUT2D eigenvalue weighted by Crippen LogP contribution is 2.37. The molecule has 2 unspecified atom stereocenters. The van der Waals surface area contributed by atoms with E-state index in [0.29, 0.717) is 25.4 Å². The van der Waals surface area contributed by atoms with Crippen molar-refractivity contribution in [3.63, 3.8) is 0 Å². The summed E-state index contributed by atoms with van der Waals surface area (Å²) in [7, 11) is 0. The van der Waals surface area contributed by atoms with Crippen molar-refractivity contribution in [2.45, 2.75) is 50.6 Å². The summed E-state index contributed by atoms with van der Waals surface area (Å²) in [6.45, 7) is 1.23. The van der Waals surface area contributed by atoms with Crippen molar-refractivity contribution >= 4 is 24.2 Å². The molecule has 6 heteroatoms. The van der Waals surface area contributed by atoms with Gasteiger partial charge < -0.3 is 16.0 Å². The van der Waals surface area contributed by atoms with Gasteiger partial charge >= 0.3 is 0 Å². The van der Waals surface area contributed by atoms with E-state index in [1.807, 2.05) is 4.90 Å². The van der Waals surface area contributed by atoms with Crippen molar-refractivity contribution in [1.29, 1.82) is 0 Å². The first-order chi connectivity index (χ1) is 9.20. The van der Waals surface area contributed by atoms with Crippen molar-refractivity contribution in [2.24, 2.45) is 17.6 Å². The van der Waals surface area contributed by atoms with Crippen LogP contribution >= 0.6 is 12.4 Å². The van der Waals surface area contributed by atoms with Crippen LogP contribution in [-0.2, 0) is 9.59 Å². The number of nitrogens with zero attached hydrogens (tertiary/aromatic N) is 1. The number of carbonyl (C=O) groups is 2. The number of carbonyl (C=O) groups excluding carboxylic acids is 2. The van der Waals surface area contributed by atoms with E-state index < -0.39 is 0 Å². The molecule has 4 atom stereocenters. The van der Waals surface area contributed by atoms with Crippen molar-refractivity contribution in [1.82, 2.24) is 10.2 Å². The van der Waals surface area contributed by atoms with Crippen molar-refractivity contribution in [2.75, 3.05) is 13.1 Å². The maximum Gasteiger partial charge on any atom is 0.226 e. The van der Waals surface area contributed by atoms with Gasteiger partial charge in [0.15, 0.2) is 0 Å². The van der Waals surface area contributed by atoms with Gasteiger partial charge in [-0.1, -0.05) is 6.42 Å². The number of halogens is 1. The summed E-state index contributed by atoms with van der Waals surface area (Å²) in [5.41, 5.74) is 5.79. The Kier molecular flexibility index (Phi) is 4.91. The molecule has 3 rings (SSSR count). The smallest absolute Gasteiger partial charge is 0.226 e. The predicted molar refractivity (Wildman–Crippen MR) is 78.4 cm³/mol. The zero-order valence-corrected chi connectivity index (χ0v) is 12.5. The lowest BCUT2D eigenvalue weighted by atomic mass is 9.94. The quantitative estimate of drug-likeness (QED) is 0.787. The van der Waals surface area contributed by atoms with Crippen LogP contribution in [0.1, 0.15) is 38.5 Å². The van der Waals surface area contributed by atoms with Gasteiger partial charge in [0.2, 0.25) is 11.8 Å². The van der Waals surface area contributed by atoms with Crippen LogP contribution in [0.25, 0.3) is 0 Å². The van der Waals surface area contributed by atoms with Gasteiger partial charge in [-0.3, -0.25) is 9.59 Å². The van der Waals surface area contributed by atoms with Crippen LogP contribution in [-0.4, -0.2) is 41.9 Å². The molecule has 2 amide bonds. The summed E-state index contributed by atoms with van der Waals surface area (Å²) < 4.78 is 0. The second kappa shape index (κ2) is 6.31. The molecule has 0 aromatic rings. The second-order valence-corrected chi connectivity index (χ2v) is 6.17. The topological polar surface area (TPSA) is 75.4 Å². The lowest BCUT2D eigenvalue weighted by Gasteiger charge is -2.31. The van der Waals surface area contributed by atoms with Gasteiger partial charge in [0.05, 0.1) is 0 Å². The van der Waals surface area contributed by atoms with Gasteiger partial charge in [-0.25, -0.2) is 0 Å². The minimum Gasteiger partial charge on any atom is -0.354 e. The third kappa shape index (κ3) is 2.66. The zero-order valence-electron chi connectivity index (χ0n) is 11.7. The Morgan fingerprint density at radius 1 is 1.25 bits per heavy atom. The van der Waals surface area contributed by atoms with Crippen LogP contribution in [0.2, 0.25) is 0 Å². The summed E-state index contributed by atoms with van der Waals surface area (Å²) in [6.07, 6.45) is 5.63. The average molecular weight is 302 g/mol. The number of amides is 2. The first-order valence-electron chi connectivity index (χ1n) is 7.49. The fraction of sp³-hybridized carbons (Fsp3) is 0.857. The van der Waals surface area contributed by atoms with Gasteiger partial charge in [0, 0.05) is 31.0 Å². The highest BCUT2D eigenvalue weighted by atomic mass is 35.5. The van der Waals surface area contributed by atoms with Crippen LogP contribution in [0, 0.1) is 11.8 Å². The molecule has 2 bridgehead atoms. The van der Waals surface area contributed by atoms with E-state index >= 15 is 0 Å². The Morgan fingerprint density at radius 3 is 2.75 bits per heavy atom. The normalized spacial score (nSPS) is 36.2. The summed E-state index contributed by atoms with van der Waals surface area (Å²) in [4.78, 5) is 26.5. The molecule has 0 radical (unpaired) electrons. The minimum atomic E-state index is 0. The molecule has 3 N–H and O–H groups in total. The highest BCUT2D eigenvalue weighted by molar-refractivity contribution is 5.85. The molecule has 114 valence electrons. The van der Waals surface area contributed by atoms with E-state index in [2.05, 4.69) is 5.32 Å². The van der Waals surface area contributed by atoms with Crippen LogP contribution in [0.3, 0.4) is 0 Å². The highest BCUT2D eigenvalue weighted by Gasteiger charge is 2.44. The fourth-order valence-electron chi connectivity index (χ4n) is 4.08. The molecule has 1 saturated carbocycles. The lowest BCUT2D eigenvalue weighted by Crippen LogP contribution is -2.46. The molecule has 3 aliphatic rings. The molecule has 5 nitrogen and oxygen atoms in total. The number of rotatable bonds is 2. The van der Waals surface area contributed by atoms with E-state index in [1.165, 1.54) is 0 Å². The number of fused-ring (bicyclic) bond motifs is 2. The fourth-order valence-corrected chi connectivity index (χ4v) is 4.08. The first-order valence-corrected chi connectivity index (χ1v) is 7.49. The third-order valence-corrected chi connectivity index (χ3v) is 5.11. The van der Waals surface area contributed by atoms with Crippen LogP contribution in [0.5, 0.6) is 0 Å². The van der Waals surface area contributed by atoms with Crippen LogP contribution in [0.4, 0.5) is 0 Å². The Bertz CT molecular complexity index is 391. The van der Waals surface area contributed by atoms with Crippen molar-refractivity contribution in [3.8, 4) is 0 Å². The number of nitrogens with two attached hydrogens (primary N) is 1. The molecule has 0 spiro atoms. The predicted octanol–water partition coefficient (Wildman–Crippen LogP) is 0.663. The molecule has 0 aromatic heterocycles. The number of nitrogens with one attached hydrogen (secondary N) is 1. The lowest BCUT2D eigenvalue weighted by molar-refractivity contribution is -0.139. The van der Waals surface area contributed by atoms with E-state index in [9.17, 15) is 9.59 Å². The largest absolute Gasteiger partial charge is 0.354 e. The summed E-state index contributed by atoms with van der Waals surface area (Å²) in [5.74, 6) is 0.795. The van der Waals surface area contributed by atoms with Crippen LogP contribution in [0.15, 0.2) is 0 Å². The minimum absolute atomic E-state index is 0. The van der Waals surface area contributed by atoms with Gasteiger partial charge in [0.1, 0.15) is 0 Å². The standard InChI is InChI=1S/C14H23N3O2.ClH/c15-7-9-2-1-3-12(9)14(19)17-10-4-5-11(17)8-16-13(18)6-10;/h9-12H,1-8,15H2,(H,16,18);1H/t9-,10?,11?,12-;/m1./s1. The van der Waals surface area contributed by atoms with Crippen LogP contribution < -0.4 is 11.1 Å². The Hall–Kier alpha value is -0.810. The summed E-state index contributed by atoms with van der Waals surface area (Å²) in [5, 5.41) is 2.92. The SMILES string of the molecule is Cl.NC[C@H]1CCC[C@H]1C(=O)N1C2CCC1CC(=O)NC2. The van der Waals surface area contributed by atoms with Gasteiger partial charge in [0.25, 0.3) is 0 Å². The summed E-state index contributed by atoms with van der Waals surface area (Å²) >= 11 is 0. The summed E-state index contributed by atoms with van der Waals surface area (Å²) in [6, 6.07) is 0.335. The van der Waals surface area contributed by atoms with E-state index in [-0.39, 0.29) is 42.2 Å². The number of hydrogen-bond donors (Lipinski definition) is 2. The Labute approximate surface area is 126 Å². The molecular formula is C14H24ClN3O2. The monoisotopic (exact) mass is 301 g/mol. The van der Waals surface area contributed by atoms with Crippen molar-refractivity contribution in [3.05, 3.63) is 0 Å². The molecule has 20 heavy (non-hydrogen) atoms. The molecule has 3 fully saturated rings. The molecule has 2 saturated heterocycles. The van der Waals surface area contributed by atoms with Gasteiger partial charge in [-0.2, -0.15) is 0 Å². The molecule has 2 heterocycles. The van der Waals surface area contributed by atoms with E-state index in [1.54, 1.807) is 0 Å². The molecule has 2 aliphatic heterocycles. The second-order valence-electron chi connectivity index (χ2n) is 6.17. The average Bonchev–Trinajstić information content (AvgIpc) is 2.97. The van der Waals surface area contributed by atoms with Gasteiger partial charge in [-0.05, 0) is 38.1 Å². The Morgan fingerprint density at radius 2 is 2.00 bits per heavy atom. The maximum absolute atomic E-state index is 12.8. The third-order valence-electron chi connectivity index (χ3n) is 5.11. The van der Waals surface area contributed by atoms with E-state index in [0.717, 1.165) is 32.1 Å². The molecule has 1 aliphatic carbocycles. The maximum atomic E-state index is 12.8. The first kappa shape index (κ1) is 15.6. The molecular weight excluding hydrogens is 278 g/mol. The number of hydrogen-bond acceptors (Lipinski definition) is 3. The van der Waals surface area contributed by atoms with E-state index in [4.69, 9.17) is 5.73 Å². The van der Waals surface area contributed by atoms with Crippen molar-refractivity contribution < 1.29 is 9.59 Å². The zero-order chi connectivity index (χ0) is 13.4. The van der Waals surface area contributed by atoms with Gasteiger partial charge in [-0.15, -0.1) is 12.4 Å². The molecule has 0 aromatic carbocycles.